The van der Waals surface area contributed by atoms with Crippen LogP contribution in [-0.2, 0) is 0 Å². The molecule has 5 saturated carbocycles. The van der Waals surface area contributed by atoms with Gasteiger partial charge in [0.25, 0.3) is 0 Å². The predicted octanol–water partition coefficient (Wildman–Crippen LogP) is 19.8. The second-order valence-corrected chi connectivity index (χ2v) is 24.7. The molecule has 0 aromatic heterocycles. The highest BCUT2D eigenvalue weighted by Gasteiger charge is 2.61. The van der Waals surface area contributed by atoms with Crippen molar-refractivity contribution in [3.63, 3.8) is 0 Å². The number of hydrogen-bond acceptors (Lipinski definition) is 2. The Bertz CT molecular complexity index is 1130. The molecule has 2 aliphatic heterocycles. The van der Waals surface area contributed by atoms with E-state index in [1.807, 2.05) is 0 Å². The van der Waals surface area contributed by atoms with Gasteiger partial charge in [-0.15, -0.1) is 0 Å². The minimum absolute atomic E-state index is 0.845. The van der Waals surface area contributed by atoms with Crippen LogP contribution in [0.2, 0.25) is 17.5 Å². The first-order valence-corrected chi connectivity index (χ1v) is 31.5. The van der Waals surface area contributed by atoms with E-state index in [0.29, 0.717) is 0 Å². The molecule has 0 aromatic rings. The van der Waals surface area contributed by atoms with Crippen molar-refractivity contribution in [2.45, 2.75) is 388 Å². The summed E-state index contributed by atoms with van der Waals surface area (Å²) in [5.41, 5.74) is 0. The van der Waals surface area contributed by atoms with Gasteiger partial charge in [0.2, 0.25) is 0 Å². The second-order valence-electron chi connectivity index (χ2n) is 24.7. The average molecular weight is 885 g/mol. The summed E-state index contributed by atoms with van der Waals surface area (Å²) in [4.78, 5) is 7.23. The Morgan fingerprint density at radius 3 is 0.625 bits per heavy atom. The molecular weight excluding hydrogens is 771 g/mol. The summed E-state index contributed by atoms with van der Waals surface area (Å²) in [7, 11) is 0. The number of hydrogen-bond donors (Lipinski definition) is 0. The van der Waals surface area contributed by atoms with Gasteiger partial charge in [0.05, 0.1) is 0 Å². The van der Waals surface area contributed by atoms with Crippen LogP contribution in [0, 0.1) is 0 Å². The molecule has 0 aromatic carbocycles. The average Bonchev–Trinajstić information content (AvgIpc) is 3.37. The van der Waals surface area contributed by atoms with E-state index < -0.39 is 0 Å². The van der Waals surface area contributed by atoms with Crippen LogP contribution in [0.4, 0.5) is 0 Å². The van der Waals surface area contributed by atoms with Crippen LogP contribution in [0.5, 0.6) is 0 Å². The van der Waals surface area contributed by atoms with E-state index in [0.717, 1.165) is 60.4 Å². The van der Waals surface area contributed by atoms with Gasteiger partial charge in [-0.3, -0.25) is 9.80 Å². The van der Waals surface area contributed by atoms with Gasteiger partial charge in [0.1, 0.15) is 0 Å². The van der Waals surface area contributed by atoms with Crippen molar-refractivity contribution in [3.8, 4) is 0 Å². The molecule has 0 radical (unpaired) electrons. The third kappa shape index (κ3) is 16.3. The second kappa shape index (κ2) is 31.3. The van der Waals surface area contributed by atoms with Crippen molar-refractivity contribution in [1.82, 2.24) is 9.80 Å². The first-order valence-electron chi connectivity index (χ1n) is 31.5. The van der Waals surface area contributed by atoms with Gasteiger partial charge in [-0.25, -0.2) is 0 Å². The van der Waals surface area contributed by atoms with Gasteiger partial charge in [-0.05, 0) is 68.8 Å². The van der Waals surface area contributed by atoms with E-state index in [1.165, 1.54) is 283 Å². The van der Waals surface area contributed by atoms with E-state index in [1.54, 1.807) is 51.4 Å². The molecule has 0 N–H and O–H groups in total. The summed E-state index contributed by atoms with van der Waals surface area (Å²) < 4.78 is 0. The highest BCUT2D eigenvalue weighted by molar-refractivity contribution is 6.65. The first-order chi connectivity index (χ1) is 31.9. The fraction of sp³-hybridized carbons (Fsp3) is 1.00. The number of fused-ring (bicyclic) bond motifs is 4. The summed E-state index contributed by atoms with van der Waals surface area (Å²) in [5, 5.41) is 0. The van der Waals surface area contributed by atoms with Gasteiger partial charge >= 0.3 is 0 Å². The van der Waals surface area contributed by atoms with Crippen LogP contribution < -0.4 is 0 Å². The lowest BCUT2D eigenvalue weighted by atomic mass is 9.19. The fourth-order valence-electron chi connectivity index (χ4n) is 17.0. The van der Waals surface area contributed by atoms with Crippen LogP contribution in [0.15, 0.2) is 0 Å². The van der Waals surface area contributed by atoms with Gasteiger partial charge in [-0.2, -0.15) is 0 Å². The van der Waals surface area contributed by atoms with E-state index in [2.05, 4.69) is 9.80 Å². The lowest BCUT2D eigenvalue weighted by Gasteiger charge is -2.66. The summed E-state index contributed by atoms with van der Waals surface area (Å²) in [5.74, 6) is 2.84. The maximum atomic E-state index is 3.62. The van der Waals surface area contributed by atoms with Gasteiger partial charge < -0.3 is 0 Å². The smallest absolute Gasteiger partial charge is 0.156 e. The molecule has 3 heteroatoms. The van der Waals surface area contributed by atoms with Crippen molar-refractivity contribution in [3.05, 3.63) is 0 Å². The van der Waals surface area contributed by atoms with Crippen molar-refractivity contribution >= 4 is 6.71 Å². The standard InChI is InChI=1S/C61H113BN2/c1-2-6-14-24-34-44-53(43-33-23-13-5-1)63-57-49-39-29-21-11-17-27-37-47-55(57)62-56-48-38-28-18-12-22-30-40-50-58(56)64(54-45-35-25-15-7-3-8-16-26-36-46-54)60-52-42-32-20-10-4-9-19-31-41-51-59(63)61(60)62/h53-61H,1-52H2. The van der Waals surface area contributed by atoms with E-state index in [4.69, 9.17) is 0 Å². The van der Waals surface area contributed by atoms with E-state index >= 15 is 0 Å². The molecule has 7 unspecified atom stereocenters. The van der Waals surface area contributed by atoms with Crippen LogP contribution >= 0.6 is 0 Å². The van der Waals surface area contributed by atoms with E-state index in [9.17, 15) is 0 Å². The summed E-state index contributed by atoms with van der Waals surface area (Å²) in [6.07, 6.45) is 79.1. The molecule has 7 fully saturated rings. The third-order valence-corrected chi connectivity index (χ3v) is 20.2. The Morgan fingerprint density at radius 1 is 0.188 bits per heavy atom. The molecule has 64 heavy (non-hydrogen) atoms. The monoisotopic (exact) mass is 885 g/mol. The molecule has 7 aliphatic rings. The van der Waals surface area contributed by atoms with Crippen molar-refractivity contribution in [2.75, 3.05) is 0 Å². The molecular formula is C61H113BN2. The fourth-order valence-corrected chi connectivity index (χ4v) is 17.0. The summed E-state index contributed by atoms with van der Waals surface area (Å²) in [6.45, 7) is 0.993. The summed E-state index contributed by atoms with van der Waals surface area (Å²) in [6, 6.07) is 5.14. The van der Waals surface area contributed by atoms with Crippen LogP contribution in [0.3, 0.4) is 0 Å². The van der Waals surface area contributed by atoms with Crippen molar-refractivity contribution < 1.29 is 0 Å². The Balaban J connectivity index is 1.36. The van der Waals surface area contributed by atoms with Gasteiger partial charge in [0.15, 0.2) is 6.71 Å². The highest BCUT2D eigenvalue weighted by atomic mass is 15.3. The zero-order chi connectivity index (χ0) is 43.7. The molecule has 0 spiro atoms. The summed E-state index contributed by atoms with van der Waals surface area (Å²) >= 11 is 0. The Labute approximate surface area is 402 Å². The van der Waals surface area contributed by atoms with Crippen LogP contribution in [0.1, 0.15) is 334 Å². The molecule has 5 aliphatic carbocycles. The Hall–Kier alpha value is -0.0151. The first kappa shape index (κ1) is 51.8. The van der Waals surface area contributed by atoms with Crippen LogP contribution in [-0.4, -0.2) is 52.8 Å². The molecule has 370 valence electrons. The molecule has 7 rings (SSSR count). The zero-order valence-electron chi connectivity index (χ0n) is 43.4. The Kier molecular flexibility index (Phi) is 25.3. The van der Waals surface area contributed by atoms with Gasteiger partial charge in [-0.1, -0.05) is 283 Å². The van der Waals surface area contributed by atoms with E-state index in [-0.39, 0.29) is 0 Å². The molecule has 0 bridgehead atoms. The maximum Gasteiger partial charge on any atom is 0.156 e. The largest absolute Gasteiger partial charge is 0.295 e. The molecule has 2 nitrogen and oxygen atoms in total. The zero-order valence-corrected chi connectivity index (χ0v) is 43.4. The van der Waals surface area contributed by atoms with Crippen molar-refractivity contribution in [2.24, 2.45) is 0 Å². The highest BCUT2D eigenvalue weighted by Crippen LogP contribution is 2.59. The Morgan fingerprint density at radius 2 is 0.375 bits per heavy atom. The predicted molar refractivity (Wildman–Crippen MR) is 283 cm³/mol. The quantitative estimate of drug-likeness (QED) is 0.255. The van der Waals surface area contributed by atoms with Crippen LogP contribution in [0.25, 0.3) is 0 Å². The molecule has 2 heterocycles. The molecule has 0 amide bonds. The van der Waals surface area contributed by atoms with Crippen molar-refractivity contribution in [1.29, 1.82) is 0 Å². The SMILES string of the molecule is C1CCCCCCC(N2C3CCCCCCCCCC3B3C4CCCCCCCCCC4N(C4CCCCCCCCCCC4)C4CCCCCCCCCCCC2C34)CCCCC1. The number of rotatable bonds is 2. The maximum absolute atomic E-state index is 3.62. The topological polar surface area (TPSA) is 6.48 Å². The normalized spacial score (nSPS) is 35.2. The minimum Gasteiger partial charge on any atom is -0.295 e. The minimum atomic E-state index is 0.845. The molecule has 2 saturated heterocycles. The number of nitrogens with zero attached hydrogens (tertiary/aromatic N) is 2. The lowest BCUT2D eigenvalue weighted by Crippen LogP contribution is -2.72. The lowest BCUT2D eigenvalue weighted by molar-refractivity contribution is -0.0298. The van der Waals surface area contributed by atoms with Gasteiger partial charge in [0, 0.05) is 36.3 Å². The third-order valence-electron chi connectivity index (χ3n) is 20.2. The molecule has 7 atom stereocenters.